The summed E-state index contributed by atoms with van der Waals surface area (Å²) in [7, 11) is 0. The molecule has 1 fully saturated rings. The molecule has 2 heterocycles. The lowest BCUT2D eigenvalue weighted by atomic mass is 10.4. The normalized spacial score (nSPS) is 16.6. The van der Waals surface area contributed by atoms with Gasteiger partial charge in [0.05, 0.1) is 6.10 Å². The van der Waals surface area contributed by atoms with Crippen LogP contribution in [0.4, 0.5) is 17.8 Å². The minimum absolute atomic E-state index is 0.109. The molecule has 0 saturated carbocycles. The summed E-state index contributed by atoms with van der Waals surface area (Å²) in [4.78, 5) is 14.8. The molecule has 1 atom stereocenters. The van der Waals surface area contributed by atoms with Crippen molar-refractivity contribution in [1.29, 1.82) is 0 Å². The van der Waals surface area contributed by atoms with Gasteiger partial charge in [0, 0.05) is 26.2 Å². The first-order chi connectivity index (χ1) is 9.19. The summed E-state index contributed by atoms with van der Waals surface area (Å²) in [6.45, 7) is 7.29. The Labute approximate surface area is 113 Å². The van der Waals surface area contributed by atoms with Crippen LogP contribution >= 0.6 is 0 Å². The minimum Gasteiger partial charge on any atom is -0.377 e. The molecule has 1 aromatic rings. The fraction of sp³-hybridized carbons (Fsp3) is 0.750. The van der Waals surface area contributed by atoms with Gasteiger partial charge in [-0.25, -0.2) is 0 Å². The van der Waals surface area contributed by atoms with E-state index in [0.717, 1.165) is 13.1 Å². The monoisotopic (exact) mass is 266 g/mol. The summed E-state index contributed by atoms with van der Waals surface area (Å²) >= 11 is 0. The molecule has 7 nitrogen and oxygen atoms in total. The SMILES string of the molecule is CCOC(C)CNc1nc(N)nc(N2CCCC2)n1. The molecule has 2 rings (SSSR count). The lowest BCUT2D eigenvalue weighted by Crippen LogP contribution is -2.24. The molecule has 19 heavy (non-hydrogen) atoms. The molecule has 0 amide bonds. The molecular formula is C12H22N6O. The molecule has 106 valence electrons. The molecule has 3 N–H and O–H groups in total. The summed E-state index contributed by atoms with van der Waals surface area (Å²) in [5, 5.41) is 3.14. The van der Waals surface area contributed by atoms with Crippen molar-refractivity contribution in [1.82, 2.24) is 15.0 Å². The predicted octanol–water partition coefficient (Wildman–Crippen LogP) is 0.891. The van der Waals surface area contributed by atoms with Crippen molar-refractivity contribution < 1.29 is 4.74 Å². The van der Waals surface area contributed by atoms with Gasteiger partial charge in [-0.1, -0.05) is 0 Å². The zero-order valence-electron chi connectivity index (χ0n) is 11.6. The standard InChI is InChI=1S/C12H22N6O/c1-3-19-9(2)8-14-11-15-10(13)16-12(17-11)18-6-4-5-7-18/h9H,3-8H2,1-2H3,(H3,13,14,15,16,17). The third-order valence-corrected chi connectivity index (χ3v) is 3.03. The van der Waals surface area contributed by atoms with E-state index in [1.807, 2.05) is 13.8 Å². The average molecular weight is 266 g/mol. The Morgan fingerprint density at radius 2 is 2.05 bits per heavy atom. The molecule has 0 aromatic carbocycles. The molecule has 1 saturated heterocycles. The van der Waals surface area contributed by atoms with Crippen molar-refractivity contribution in [2.24, 2.45) is 0 Å². The van der Waals surface area contributed by atoms with Crippen LogP contribution in [0.2, 0.25) is 0 Å². The smallest absolute Gasteiger partial charge is 0.231 e. The fourth-order valence-corrected chi connectivity index (χ4v) is 2.10. The van der Waals surface area contributed by atoms with Gasteiger partial charge in [0.15, 0.2) is 0 Å². The van der Waals surface area contributed by atoms with Gasteiger partial charge in [0.2, 0.25) is 17.8 Å². The van der Waals surface area contributed by atoms with Crippen LogP contribution in [-0.2, 0) is 4.74 Å². The second-order valence-electron chi connectivity index (χ2n) is 4.66. The van der Waals surface area contributed by atoms with Gasteiger partial charge in [-0.15, -0.1) is 0 Å². The number of nitrogens with one attached hydrogen (secondary N) is 1. The van der Waals surface area contributed by atoms with E-state index >= 15 is 0 Å². The minimum atomic E-state index is 0.109. The van der Waals surface area contributed by atoms with Crippen LogP contribution in [0.1, 0.15) is 26.7 Å². The van der Waals surface area contributed by atoms with Crippen LogP contribution in [0.3, 0.4) is 0 Å². The highest BCUT2D eigenvalue weighted by molar-refractivity contribution is 5.42. The maximum atomic E-state index is 5.73. The number of anilines is 3. The van der Waals surface area contributed by atoms with Crippen LogP contribution in [0.5, 0.6) is 0 Å². The van der Waals surface area contributed by atoms with Crippen molar-refractivity contribution in [3.8, 4) is 0 Å². The number of ether oxygens (including phenoxy) is 1. The highest BCUT2D eigenvalue weighted by Gasteiger charge is 2.16. The summed E-state index contributed by atoms with van der Waals surface area (Å²) < 4.78 is 5.45. The predicted molar refractivity (Wildman–Crippen MR) is 75.3 cm³/mol. The Hall–Kier alpha value is -1.63. The van der Waals surface area contributed by atoms with Gasteiger partial charge in [0.25, 0.3) is 0 Å². The average Bonchev–Trinajstić information content (AvgIpc) is 2.90. The van der Waals surface area contributed by atoms with E-state index in [4.69, 9.17) is 10.5 Å². The third kappa shape index (κ3) is 3.92. The zero-order chi connectivity index (χ0) is 13.7. The van der Waals surface area contributed by atoms with Crippen LogP contribution in [-0.4, -0.2) is 47.3 Å². The largest absolute Gasteiger partial charge is 0.377 e. The van der Waals surface area contributed by atoms with Gasteiger partial charge in [-0.3, -0.25) is 0 Å². The molecule has 0 radical (unpaired) electrons. The molecule has 1 unspecified atom stereocenters. The van der Waals surface area contributed by atoms with Crippen LogP contribution in [0.15, 0.2) is 0 Å². The topological polar surface area (TPSA) is 89.2 Å². The fourth-order valence-electron chi connectivity index (χ4n) is 2.10. The Bertz CT molecular complexity index is 407. The van der Waals surface area contributed by atoms with Crippen molar-refractivity contribution in [3.05, 3.63) is 0 Å². The second kappa shape index (κ2) is 6.51. The Morgan fingerprint density at radius 1 is 1.32 bits per heavy atom. The van der Waals surface area contributed by atoms with E-state index in [1.165, 1.54) is 12.8 Å². The second-order valence-corrected chi connectivity index (χ2v) is 4.66. The van der Waals surface area contributed by atoms with Gasteiger partial charge >= 0.3 is 0 Å². The van der Waals surface area contributed by atoms with Crippen molar-refractivity contribution in [2.45, 2.75) is 32.8 Å². The molecular weight excluding hydrogens is 244 g/mol. The quantitative estimate of drug-likeness (QED) is 0.790. The summed E-state index contributed by atoms with van der Waals surface area (Å²) in [5.41, 5.74) is 5.73. The van der Waals surface area contributed by atoms with Gasteiger partial charge in [-0.2, -0.15) is 15.0 Å². The Kier molecular flexibility index (Phi) is 4.73. The van der Waals surface area contributed by atoms with E-state index in [0.29, 0.717) is 25.0 Å². The number of rotatable bonds is 6. The number of nitrogens with zero attached hydrogens (tertiary/aromatic N) is 4. The molecule has 0 spiro atoms. The van der Waals surface area contributed by atoms with Crippen molar-refractivity contribution in [2.75, 3.05) is 42.2 Å². The number of hydrogen-bond donors (Lipinski definition) is 2. The van der Waals surface area contributed by atoms with E-state index in [1.54, 1.807) is 0 Å². The van der Waals surface area contributed by atoms with Gasteiger partial charge < -0.3 is 20.7 Å². The molecule has 7 heteroatoms. The van der Waals surface area contributed by atoms with E-state index in [9.17, 15) is 0 Å². The highest BCUT2D eigenvalue weighted by atomic mass is 16.5. The third-order valence-electron chi connectivity index (χ3n) is 3.03. The maximum absolute atomic E-state index is 5.73. The van der Waals surface area contributed by atoms with Crippen molar-refractivity contribution in [3.63, 3.8) is 0 Å². The number of nitrogens with two attached hydrogens (primary N) is 1. The molecule has 1 aliphatic rings. The highest BCUT2D eigenvalue weighted by Crippen LogP contribution is 2.17. The summed E-state index contributed by atoms with van der Waals surface area (Å²) in [6, 6.07) is 0. The van der Waals surface area contributed by atoms with E-state index in [2.05, 4.69) is 25.2 Å². The lowest BCUT2D eigenvalue weighted by Gasteiger charge is -2.17. The first-order valence-corrected chi connectivity index (χ1v) is 6.81. The van der Waals surface area contributed by atoms with Crippen LogP contribution < -0.4 is 16.0 Å². The first kappa shape index (κ1) is 13.8. The Morgan fingerprint density at radius 3 is 2.74 bits per heavy atom. The maximum Gasteiger partial charge on any atom is 0.231 e. The molecule has 1 aromatic heterocycles. The lowest BCUT2D eigenvalue weighted by molar-refractivity contribution is 0.0854. The number of nitrogen functional groups attached to an aromatic ring is 1. The van der Waals surface area contributed by atoms with Crippen molar-refractivity contribution >= 4 is 17.8 Å². The van der Waals surface area contributed by atoms with Gasteiger partial charge in [0.1, 0.15) is 0 Å². The first-order valence-electron chi connectivity index (χ1n) is 6.81. The zero-order valence-corrected chi connectivity index (χ0v) is 11.6. The Balaban J connectivity index is 2.00. The van der Waals surface area contributed by atoms with E-state index < -0.39 is 0 Å². The summed E-state index contributed by atoms with van der Waals surface area (Å²) in [5.74, 6) is 1.43. The number of aromatic nitrogens is 3. The molecule has 0 aliphatic carbocycles. The van der Waals surface area contributed by atoms with Gasteiger partial charge in [-0.05, 0) is 26.7 Å². The number of hydrogen-bond acceptors (Lipinski definition) is 7. The van der Waals surface area contributed by atoms with E-state index in [-0.39, 0.29) is 12.1 Å². The van der Waals surface area contributed by atoms with Crippen LogP contribution in [0.25, 0.3) is 0 Å². The van der Waals surface area contributed by atoms with Crippen LogP contribution in [0, 0.1) is 0 Å². The summed E-state index contributed by atoms with van der Waals surface area (Å²) in [6.07, 6.45) is 2.46. The molecule has 1 aliphatic heterocycles. The molecule has 0 bridgehead atoms.